The first-order chi connectivity index (χ1) is 11.1. The lowest BCUT2D eigenvalue weighted by Crippen LogP contribution is -2.47. The van der Waals surface area contributed by atoms with Crippen LogP contribution in [0, 0.1) is 35.0 Å². The van der Waals surface area contributed by atoms with Gasteiger partial charge in [0, 0.05) is 13.0 Å². The van der Waals surface area contributed by atoms with E-state index in [9.17, 15) is 5.11 Å². The number of allylic oxidation sites excluding steroid dienone is 3. The molecular formula is C21H32O2. The maximum absolute atomic E-state index is 9.84. The molecule has 0 aromatic rings. The van der Waals surface area contributed by atoms with E-state index in [1.165, 1.54) is 37.9 Å². The molecule has 0 spiro atoms. The second-order valence-electron chi connectivity index (χ2n) is 8.86. The maximum Gasteiger partial charge on any atom is 0.0959 e. The van der Waals surface area contributed by atoms with Crippen molar-refractivity contribution in [1.82, 2.24) is 0 Å². The fourth-order valence-electron chi connectivity index (χ4n) is 6.86. The van der Waals surface area contributed by atoms with Crippen LogP contribution in [0.5, 0.6) is 0 Å². The van der Waals surface area contributed by atoms with E-state index < -0.39 is 0 Å². The van der Waals surface area contributed by atoms with E-state index in [2.05, 4.69) is 19.9 Å². The zero-order valence-corrected chi connectivity index (χ0v) is 15.0. The molecule has 0 aromatic heterocycles. The number of fused-ring (bicyclic) bond motifs is 4. The topological polar surface area (TPSA) is 29.5 Å². The van der Waals surface area contributed by atoms with Crippen molar-refractivity contribution in [3.63, 3.8) is 0 Å². The molecule has 23 heavy (non-hydrogen) atoms. The summed E-state index contributed by atoms with van der Waals surface area (Å²) in [6, 6.07) is 0. The summed E-state index contributed by atoms with van der Waals surface area (Å²) in [6.07, 6.45) is 11.0. The van der Waals surface area contributed by atoms with E-state index in [4.69, 9.17) is 4.74 Å². The van der Waals surface area contributed by atoms with Crippen LogP contribution in [-0.2, 0) is 4.74 Å². The molecular weight excluding hydrogens is 284 g/mol. The van der Waals surface area contributed by atoms with Crippen LogP contribution in [0.25, 0.3) is 0 Å². The summed E-state index contributed by atoms with van der Waals surface area (Å²) in [5.41, 5.74) is 3.85. The van der Waals surface area contributed by atoms with Crippen molar-refractivity contribution < 1.29 is 9.84 Å². The highest BCUT2D eigenvalue weighted by atomic mass is 16.5. The number of hydrogen-bond donors (Lipinski definition) is 1. The van der Waals surface area contributed by atoms with Crippen LogP contribution in [-0.4, -0.2) is 18.8 Å². The van der Waals surface area contributed by atoms with Crippen molar-refractivity contribution in [3.05, 3.63) is 23.0 Å². The first-order valence-corrected chi connectivity index (χ1v) is 9.63. The van der Waals surface area contributed by atoms with Crippen molar-refractivity contribution in [2.45, 2.75) is 58.8 Å². The Morgan fingerprint density at radius 1 is 1.30 bits per heavy atom. The Balaban J connectivity index is 1.64. The smallest absolute Gasteiger partial charge is 0.0959 e. The molecule has 4 aliphatic carbocycles. The summed E-state index contributed by atoms with van der Waals surface area (Å²) in [7, 11) is 1.81. The zero-order valence-electron chi connectivity index (χ0n) is 15.0. The Morgan fingerprint density at radius 3 is 2.87 bits per heavy atom. The van der Waals surface area contributed by atoms with Crippen LogP contribution in [0.3, 0.4) is 0 Å². The Labute approximate surface area is 141 Å². The summed E-state index contributed by atoms with van der Waals surface area (Å²) in [6.45, 7) is 5.37. The van der Waals surface area contributed by atoms with Gasteiger partial charge in [-0.05, 0) is 79.6 Å². The van der Waals surface area contributed by atoms with E-state index in [0.29, 0.717) is 17.9 Å². The quantitative estimate of drug-likeness (QED) is 0.748. The van der Waals surface area contributed by atoms with Gasteiger partial charge < -0.3 is 9.84 Å². The fraction of sp³-hybridized carbons (Fsp3) is 0.810. The minimum Gasteiger partial charge on any atom is -0.501 e. The van der Waals surface area contributed by atoms with Gasteiger partial charge in [0.05, 0.1) is 12.9 Å². The van der Waals surface area contributed by atoms with Gasteiger partial charge in [-0.25, -0.2) is 0 Å². The Hall–Kier alpha value is -0.760. The first-order valence-electron chi connectivity index (χ1n) is 9.63. The molecule has 0 unspecified atom stereocenters. The summed E-state index contributed by atoms with van der Waals surface area (Å²) in [5.74, 6) is 4.99. The first kappa shape index (κ1) is 15.7. The Morgan fingerprint density at radius 2 is 2.13 bits per heavy atom. The predicted molar refractivity (Wildman–Crippen MR) is 92.8 cm³/mol. The van der Waals surface area contributed by atoms with E-state index >= 15 is 0 Å². The average Bonchev–Trinajstić information content (AvgIpc) is 2.90. The average molecular weight is 316 g/mol. The van der Waals surface area contributed by atoms with Crippen molar-refractivity contribution in [3.8, 4) is 0 Å². The molecule has 1 N–H and O–H groups in total. The van der Waals surface area contributed by atoms with Crippen LogP contribution in [0.2, 0.25) is 0 Å². The van der Waals surface area contributed by atoms with Crippen LogP contribution in [0.1, 0.15) is 58.8 Å². The molecule has 0 aromatic carbocycles. The molecule has 6 atom stereocenters. The summed E-state index contributed by atoms with van der Waals surface area (Å²) >= 11 is 0. The summed E-state index contributed by atoms with van der Waals surface area (Å²) in [4.78, 5) is 0. The van der Waals surface area contributed by atoms with Crippen molar-refractivity contribution in [2.75, 3.05) is 13.7 Å². The molecule has 2 heteroatoms. The number of hydrogen-bond acceptors (Lipinski definition) is 2. The van der Waals surface area contributed by atoms with Crippen molar-refractivity contribution in [1.29, 1.82) is 0 Å². The number of methoxy groups -OCH3 is 1. The third kappa shape index (κ3) is 2.24. The number of aliphatic hydroxyl groups excluding tert-OH is 1. The molecule has 2 saturated carbocycles. The van der Waals surface area contributed by atoms with Gasteiger partial charge in [0.25, 0.3) is 0 Å². The predicted octanol–water partition coefficient (Wildman–Crippen LogP) is 4.70. The third-order valence-electron chi connectivity index (χ3n) is 8.08. The molecule has 4 rings (SSSR count). The highest BCUT2D eigenvalue weighted by Gasteiger charge is 2.56. The van der Waals surface area contributed by atoms with E-state index in [0.717, 1.165) is 36.5 Å². The lowest BCUT2D eigenvalue weighted by Gasteiger charge is -2.54. The van der Waals surface area contributed by atoms with Crippen LogP contribution in [0.4, 0.5) is 0 Å². The van der Waals surface area contributed by atoms with Gasteiger partial charge >= 0.3 is 0 Å². The molecule has 0 radical (unpaired) electrons. The van der Waals surface area contributed by atoms with Crippen LogP contribution < -0.4 is 0 Å². The van der Waals surface area contributed by atoms with E-state index in [1.54, 1.807) is 11.1 Å². The summed E-state index contributed by atoms with van der Waals surface area (Å²) in [5, 5.41) is 9.84. The lowest BCUT2D eigenvalue weighted by atomic mass is 9.51. The monoisotopic (exact) mass is 316 g/mol. The second-order valence-corrected chi connectivity index (χ2v) is 8.86. The third-order valence-corrected chi connectivity index (χ3v) is 8.08. The molecule has 4 aliphatic rings. The maximum atomic E-state index is 9.84. The van der Waals surface area contributed by atoms with Gasteiger partial charge in [0.15, 0.2) is 0 Å². The molecule has 0 saturated heterocycles. The summed E-state index contributed by atoms with van der Waals surface area (Å²) < 4.78 is 5.52. The minimum absolute atomic E-state index is 0.393. The van der Waals surface area contributed by atoms with Gasteiger partial charge in [0.1, 0.15) is 0 Å². The highest BCUT2D eigenvalue weighted by Crippen LogP contribution is 2.64. The normalized spacial score (nSPS) is 45.9. The molecule has 0 amide bonds. The fourth-order valence-corrected chi connectivity index (χ4v) is 6.86. The Kier molecular flexibility index (Phi) is 3.87. The van der Waals surface area contributed by atoms with Gasteiger partial charge in [0.2, 0.25) is 0 Å². The number of rotatable bonds is 2. The Bertz CT molecular complexity index is 546. The van der Waals surface area contributed by atoms with Gasteiger partial charge in [-0.15, -0.1) is 0 Å². The molecule has 2 fully saturated rings. The number of aliphatic hydroxyl groups is 1. The molecule has 0 bridgehead atoms. The molecule has 128 valence electrons. The van der Waals surface area contributed by atoms with Crippen LogP contribution >= 0.6 is 0 Å². The second kappa shape index (κ2) is 5.65. The molecule has 0 aliphatic heterocycles. The number of ether oxygens (including phenoxy) is 1. The zero-order chi connectivity index (χ0) is 16.2. The van der Waals surface area contributed by atoms with Crippen LogP contribution in [0.15, 0.2) is 23.0 Å². The van der Waals surface area contributed by atoms with Gasteiger partial charge in [-0.2, -0.15) is 0 Å². The standard InChI is InChI=1S/C21H32O2/c1-13-10-14-11-16(23-3)5-6-17(14)18-8-9-21(2)15(12-22)4-7-19(21)20(13)18/h5,13,15,18-20,22H,4,6-12H2,1-3H3/t13-,15+,18-,19-,20-,21-/m1/s1. The largest absolute Gasteiger partial charge is 0.501 e. The SMILES string of the molecule is COC1=CCC2=C(C1)C[C@@H](C)[C@@H]1[C@@H]2CC[C@]2(C)[C@H](CO)CC[C@H]12. The molecule has 0 heterocycles. The van der Waals surface area contributed by atoms with E-state index in [1.807, 2.05) is 7.11 Å². The van der Waals surface area contributed by atoms with Gasteiger partial charge in [-0.3, -0.25) is 0 Å². The van der Waals surface area contributed by atoms with E-state index in [-0.39, 0.29) is 0 Å². The minimum atomic E-state index is 0.393. The molecule has 2 nitrogen and oxygen atoms in total. The van der Waals surface area contributed by atoms with Gasteiger partial charge in [-0.1, -0.05) is 25.0 Å². The highest BCUT2D eigenvalue weighted by molar-refractivity contribution is 5.33. The van der Waals surface area contributed by atoms with Crippen molar-refractivity contribution in [2.24, 2.45) is 35.0 Å². The van der Waals surface area contributed by atoms with Crippen molar-refractivity contribution >= 4 is 0 Å². The lowest BCUT2D eigenvalue weighted by molar-refractivity contribution is -0.0214.